The highest BCUT2D eigenvalue weighted by Crippen LogP contribution is 2.52. The molecule has 12 nitrogen and oxygen atoms in total. The number of likely N-dealkylation sites (tertiary alicyclic amines) is 2. The van der Waals surface area contributed by atoms with Gasteiger partial charge in [-0.3, -0.25) is 9.59 Å². The lowest BCUT2D eigenvalue weighted by atomic mass is 9.75. The first-order valence-corrected chi connectivity index (χ1v) is 20.3. The van der Waals surface area contributed by atoms with Crippen LogP contribution in [0.4, 0.5) is 4.79 Å². The van der Waals surface area contributed by atoms with E-state index < -0.39 is 12.1 Å². The van der Waals surface area contributed by atoms with Crippen molar-refractivity contribution in [3.63, 3.8) is 0 Å². The van der Waals surface area contributed by atoms with Crippen LogP contribution in [0.1, 0.15) is 115 Å². The number of imidazole rings is 2. The summed E-state index contributed by atoms with van der Waals surface area (Å²) >= 11 is 0. The average molecular weight is 762 g/mol. The Kier molecular flexibility index (Phi) is 9.73. The molecule has 6 atom stereocenters. The van der Waals surface area contributed by atoms with Gasteiger partial charge in [0.2, 0.25) is 11.8 Å². The maximum absolute atomic E-state index is 14.0. The number of rotatable bonds is 9. The molecule has 2 saturated heterocycles. The summed E-state index contributed by atoms with van der Waals surface area (Å²) in [5.41, 5.74) is 5.44. The number of nitrogens with one attached hydrogen (secondary N) is 3. The minimum atomic E-state index is -0.686. The van der Waals surface area contributed by atoms with Crippen molar-refractivity contribution in [2.24, 2.45) is 23.7 Å². The van der Waals surface area contributed by atoms with Crippen molar-refractivity contribution in [2.75, 3.05) is 13.7 Å². The van der Waals surface area contributed by atoms with Gasteiger partial charge in [0.05, 0.1) is 36.8 Å². The van der Waals surface area contributed by atoms with Crippen molar-refractivity contribution < 1.29 is 23.9 Å². The number of carbonyl (C=O) groups excluding carboxylic acids is 3. The number of benzene rings is 2. The number of hydrogen-bond acceptors (Lipinski definition) is 7. The topological polar surface area (TPSA) is 146 Å². The second-order valence-corrected chi connectivity index (χ2v) is 17.5. The number of nitrogens with zero attached hydrogens (tertiary/aromatic N) is 4. The van der Waals surface area contributed by atoms with E-state index in [9.17, 15) is 14.4 Å². The molecule has 1 saturated carbocycles. The van der Waals surface area contributed by atoms with E-state index in [1.165, 1.54) is 7.11 Å². The lowest BCUT2D eigenvalue weighted by molar-refractivity contribution is -0.139. The lowest BCUT2D eigenvalue weighted by Crippen LogP contribution is -2.54. The van der Waals surface area contributed by atoms with Crippen LogP contribution in [-0.2, 0) is 19.7 Å². The number of alkyl carbamates (subject to hydrolysis) is 1. The number of aromatic amines is 2. The predicted octanol–water partition coefficient (Wildman–Crippen LogP) is 8.29. The maximum Gasteiger partial charge on any atom is 0.407 e. The molecule has 0 unspecified atom stereocenters. The van der Waals surface area contributed by atoms with Gasteiger partial charge in [0.25, 0.3) is 0 Å². The molecular formula is C44H55N7O5. The van der Waals surface area contributed by atoms with Gasteiger partial charge in [0, 0.05) is 52.4 Å². The van der Waals surface area contributed by atoms with E-state index >= 15 is 0 Å². The molecule has 8 rings (SSSR count). The first kappa shape index (κ1) is 37.8. The normalized spacial score (nSPS) is 23.2. The van der Waals surface area contributed by atoms with Gasteiger partial charge < -0.3 is 34.6 Å². The van der Waals surface area contributed by atoms with Gasteiger partial charge in [-0.05, 0) is 74.1 Å². The largest absolute Gasteiger partial charge is 0.457 e. The van der Waals surface area contributed by atoms with Crippen molar-refractivity contribution in [1.29, 1.82) is 0 Å². The maximum atomic E-state index is 14.0. The molecule has 5 heterocycles. The Balaban J connectivity index is 1.02. The van der Waals surface area contributed by atoms with Gasteiger partial charge in [-0.25, -0.2) is 14.8 Å². The summed E-state index contributed by atoms with van der Waals surface area (Å²) < 4.78 is 11.5. The number of methoxy groups -OCH3 is 1. The van der Waals surface area contributed by atoms with Gasteiger partial charge in [-0.1, -0.05) is 60.6 Å². The lowest BCUT2D eigenvalue weighted by Gasteiger charge is -2.37. The van der Waals surface area contributed by atoms with Crippen LogP contribution in [0.5, 0.6) is 11.5 Å². The number of fused-ring (bicyclic) bond motifs is 4. The van der Waals surface area contributed by atoms with Gasteiger partial charge in [0.1, 0.15) is 29.2 Å². The average Bonchev–Trinajstić information content (AvgIpc) is 4.04. The van der Waals surface area contributed by atoms with Crippen LogP contribution < -0.4 is 10.1 Å². The van der Waals surface area contributed by atoms with Gasteiger partial charge in [-0.2, -0.15) is 0 Å². The number of hydrogen-bond donors (Lipinski definition) is 3. The third kappa shape index (κ3) is 6.44. The minimum Gasteiger partial charge on any atom is -0.457 e. The predicted molar refractivity (Wildman–Crippen MR) is 213 cm³/mol. The van der Waals surface area contributed by atoms with Crippen molar-refractivity contribution in [2.45, 2.75) is 110 Å². The molecule has 0 radical (unpaired) electrons. The quantitative estimate of drug-likeness (QED) is 0.156. The molecule has 4 aromatic rings. The molecule has 2 bridgehead atoms. The van der Waals surface area contributed by atoms with Crippen LogP contribution in [0.25, 0.3) is 22.5 Å². The summed E-state index contributed by atoms with van der Waals surface area (Å²) in [6, 6.07) is 11.8. The molecular weight excluding hydrogens is 707 g/mol. The number of amides is 3. The summed E-state index contributed by atoms with van der Waals surface area (Å²) in [6.45, 7) is 15.3. The molecule has 2 aromatic carbocycles. The Morgan fingerprint density at radius 3 is 2.46 bits per heavy atom. The molecule has 3 N–H and O–H groups in total. The summed E-state index contributed by atoms with van der Waals surface area (Å²) in [5.74, 6) is 3.75. The molecule has 3 aliphatic heterocycles. The van der Waals surface area contributed by atoms with Crippen LogP contribution in [0.3, 0.4) is 0 Å². The summed E-state index contributed by atoms with van der Waals surface area (Å²) in [7, 11) is 1.31. The van der Waals surface area contributed by atoms with E-state index in [2.05, 4.69) is 73.3 Å². The fraction of sp³-hybridized carbons (Fsp3) is 0.523. The monoisotopic (exact) mass is 761 g/mol. The highest BCUT2D eigenvalue weighted by Gasteiger charge is 2.51. The van der Waals surface area contributed by atoms with Crippen LogP contribution in [0.2, 0.25) is 0 Å². The Bertz CT molecular complexity index is 2150. The summed E-state index contributed by atoms with van der Waals surface area (Å²) in [5, 5.41) is 2.77. The Morgan fingerprint density at radius 2 is 1.71 bits per heavy atom. The summed E-state index contributed by atoms with van der Waals surface area (Å²) in [4.78, 5) is 60.3. The standard InChI is InChI=1S/C44H55N7O5/c1-23(2)25(5)41(52)50-17-9-10-34(50)39-45-21-32(47-39)26-13-16-35-31(19-26)44(6,7)30-15-12-27(20-36(30)56-35)33-22-46-40(48-33)38-28-11-14-29(18-28)51(38)42(53)37(24(3)4)49-43(54)55-8/h12-13,15-16,19-25,28-29,34,37-38H,9-11,14,17-18H2,1-8H3,(H,45,47)(H,46,48)(H,49,54)/t25-,28+,29-,34-,37-,38-/m0/s1. The molecule has 12 heteroatoms. The van der Waals surface area contributed by atoms with E-state index in [0.717, 1.165) is 95.4 Å². The molecule has 2 aromatic heterocycles. The van der Waals surface area contributed by atoms with Crippen LogP contribution in [0, 0.1) is 23.7 Å². The Hall–Kier alpha value is -5.13. The van der Waals surface area contributed by atoms with E-state index in [-0.39, 0.29) is 53.1 Å². The molecule has 56 heavy (non-hydrogen) atoms. The second-order valence-electron chi connectivity index (χ2n) is 17.5. The van der Waals surface area contributed by atoms with Crippen molar-refractivity contribution in [1.82, 2.24) is 35.1 Å². The van der Waals surface area contributed by atoms with Gasteiger partial charge in [-0.15, -0.1) is 0 Å². The second kappa shape index (κ2) is 14.4. The van der Waals surface area contributed by atoms with Crippen molar-refractivity contribution in [3.05, 3.63) is 71.6 Å². The third-order valence-electron chi connectivity index (χ3n) is 13.1. The minimum absolute atomic E-state index is 0.0271. The number of carbonyl (C=O) groups is 3. The van der Waals surface area contributed by atoms with E-state index in [1.807, 2.05) is 49.0 Å². The molecule has 1 aliphatic carbocycles. The molecule has 3 amide bonds. The Labute approximate surface area is 329 Å². The van der Waals surface area contributed by atoms with E-state index in [4.69, 9.17) is 19.4 Å². The van der Waals surface area contributed by atoms with Gasteiger partial charge >= 0.3 is 6.09 Å². The molecule has 0 spiro atoms. The summed E-state index contributed by atoms with van der Waals surface area (Å²) in [6.07, 6.45) is 7.98. The fourth-order valence-corrected chi connectivity index (χ4v) is 9.49. The van der Waals surface area contributed by atoms with E-state index in [1.54, 1.807) is 0 Å². The van der Waals surface area contributed by atoms with E-state index in [0.29, 0.717) is 5.92 Å². The first-order chi connectivity index (χ1) is 26.8. The third-order valence-corrected chi connectivity index (χ3v) is 13.1. The SMILES string of the molecule is COC(=O)N[C@H](C(=O)N1[C@H]2CC[C@H](C2)[C@H]1c1nc(-c2ccc3c(c2)Oc2ccc(-c4cnc([C@@H]5CCCN5C(=O)[C@@H](C)C(C)C)[nH]4)cc2C3(C)C)c[nH]1)C(C)C. The van der Waals surface area contributed by atoms with Crippen LogP contribution in [-0.4, -0.2) is 73.4 Å². The zero-order valence-electron chi connectivity index (χ0n) is 33.8. The highest BCUT2D eigenvalue weighted by molar-refractivity contribution is 5.87. The van der Waals surface area contributed by atoms with Crippen LogP contribution in [0.15, 0.2) is 48.8 Å². The smallest absolute Gasteiger partial charge is 0.407 e. The highest BCUT2D eigenvalue weighted by atomic mass is 16.5. The molecule has 296 valence electrons. The number of piperidine rings is 1. The number of aromatic nitrogens is 4. The molecule has 3 fully saturated rings. The number of ether oxygens (including phenoxy) is 2. The zero-order valence-corrected chi connectivity index (χ0v) is 33.8. The van der Waals surface area contributed by atoms with Crippen molar-refractivity contribution >= 4 is 17.9 Å². The van der Waals surface area contributed by atoms with Crippen LogP contribution >= 0.6 is 0 Å². The van der Waals surface area contributed by atoms with Crippen molar-refractivity contribution in [3.8, 4) is 34.0 Å². The zero-order chi connectivity index (χ0) is 39.6. The fourth-order valence-electron chi connectivity index (χ4n) is 9.49. The molecule has 4 aliphatic rings. The first-order valence-electron chi connectivity index (χ1n) is 20.3. The Morgan fingerprint density at radius 1 is 0.929 bits per heavy atom. The number of H-pyrrole nitrogens is 2. The van der Waals surface area contributed by atoms with Gasteiger partial charge in [0.15, 0.2) is 0 Å².